The molecule has 0 aliphatic carbocycles. The maximum atomic E-state index is 9.60. The van der Waals surface area contributed by atoms with Crippen LogP contribution in [0.2, 0.25) is 0 Å². The number of ether oxygens (including phenoxy) is 2. The van der Waals surface area contributed by atoms with E-state index in [9.17, 15) is 5.11 Å². The maximum absolute atomic E-state index is 9.60. The van der Waals surface area contributed by atoms with Gasteiger partial charge in [-0.3, -0.25) is 0 Å². The van der Waals surface area contributed by atoms with E-state index in [0.717, 1.165) is 0 Å². The van der Waals surface area contributed by atoms with Gasteiger partial charge < -0.3 is 19.7 Å². The summed E-state index contributed by atoms with van der Waals surface area (Å²) in [5.41, 5.74) is -1.21. The van der Waals surface area contributed by atoms with Crippen LogP contribution in [0.4, 0.5) is 0 Å². The summed E-state index contributed by atoms with van der Waals surface area (Å²) in [6.45, 7) is 5.08. The Labute approximate surface area is 72.1 Å². The van der Waals surface area contributed by atoms with E-state index >= 15 is 0 Å². The van der Waals surface area contributed by atoms with Gasteiger partial charge in [0.15, 0.2) is 5.79 Å². The molecule has 1 rings (SSSR count). The van der Waals surface area contributed by atoms with Crippen molar-refractivity contribution in [2.24, 2.45) is 0 Å². The van der Waals surface area contributed by atoms with Crippen molar-refractivity contribution in [1.82, 2.24) is 0 Å². The molecule has 1 aliphatic heterocycles. The van der Waals surface area contributed by atoms with Crippen molar-refractivity contribution >= 4 is 0 Å². The second-order valence-corrected chi connectivity index (χ2v) is 3.83. The van der Waals surface area contributed by atoms with Gasteiger partial charge in [-0.05, 0) is 20.8 Å². The minimum Gasteiger partial charge on any atom is -0.393 e. The van der Waals surface area contributed by atoms with Gasteiger partial charge in [0.05, 0.1) is 13.2 Å². The molecule has 0 aromatic heterocycles. The van der Waals surface area contributed by atoms with E-state index in [1.54, 1.807) is 13.8 Å². The highest BCUT2D eigenvalue weighted by molar-refractivity contribution is 4.87. The number of aliphatic hydroxyl groups is 2. The van der Waals surface area contributed by atoms with Crippen molar-refractivity contribution in [2.75, 3.05) is 13.2 Å². The summed E-state index contributed by atoms with van der Waals surface area (Å²) < 4.78 is 10.6. The minimum atomic E-state index is -1.21. The number of hydrogen-bond donors (Lipinski definition) is 2. The van der Waals surface area contributed by atoms with Gasteiger partial charge in [0.25, 0.3) is 0 Å². The lowest BCUT2D eigenvalue weighted by Gasteiger charge is -2.27. The highest BCUT2D eigenvalue weighted by atomic mass is 16.7. The second kappa shape index (κ2) is 2.96. The summed E-state index contributed by atoms with van der Waals surface area (Å²) in [6, 6.07) is 0. The molecule has 4 heteroatoms. The van der Waals surface area contributed by atoms with Crippen LogP contribution in [0.15, 0.2) is 0 Å². The standard InChI is InChI=1S/C8H16O4/c1-7(2)11-4-6(12-7)8(3,10)5-9/h6,9-10H,4-5H2,1-3H3/t6-,8-/m0/s1. The summed E-state index contributed by atoms with van der Waals surface area (Å²) >= 11 is 0. The molecule has 0 bridgehead atoms. The monoisotopic (exact) mass is 176 g/mol. The largest absolute Gasteiger partial charge is 0.393 e. The molecule has 0 amide bonds. The Bertz CT molecular complexity index is 164. The average Bonchev–Trinajstić information content (AvgIpc) is 2.31. The molecule has 72 valence electrons. The zero-order valence-corrected chi connectivity index (χ0v) is 7.70. The predicted molar refractivity (Wildman–Crippen MR) is 42.6 cm³/mol. The van der Waals surface area contributed by atoms with E-state index in [-0.39, 0.29) is 6.61 Å². The molecular formula is C8H16O4. The zero-order chi connectivity index (χ0) is 9.41. The molecule has 0 aromatic carbocycles. The Morgan fingerprint density at radius 1 is 1.58 bits per heavy atom. The molecule has 1 heterocycles. The van der Waals surface area contributed by atoms with Gasteiger partial charge in [-0.1, -0.05) is 0 Å². The van der Waals surface area contributed by atoms with E-state index in [1.165, 1.54) is 6.92 Å². The molecule has 1 aliphatic rings. The van der Waals surface area contributed by atoms with Crippen LogP contribution < -0.4 is 0 Å². The topological polar surface area (TPSA) is 58.9 Å². The van der Waals surface area contributed by atoms with Crippen LogP contribution in [-0.2, 0) is 9.47 Å². The van der Waals surface area contributed by atoms with Crippen LogP contribution in [0.1, 0.15) is 20.8 Å². The highest BCUT2D eigenvalue weighted by Crippen LogP contribution is 2.28. The third kappa shape index (κ3) is 1.95. The predicted octanol–water partition coefficient (Wildman–Crippen LogP) is -0.119. The molecule has 4 nitrogen and oxygen atoms in total. The van der Waals surface area contributed by atoms with Gasteiger partial charge in [-0.25, -0.2) is 0 Å². The SMILES string of the molecule is CC1(C)OC[C@@H]([C@@](C)(O)CO)O1. The van der Waals surface area contributed by atoms with E-state index in [1.807, 2.05) is 0 Å². The molecule has 0 unspecified atom stereocenters. The minimum absolute atomic E-state index is 0.320. The van der Waals surface area contributed by atoms with Crippen molar-refractivity contribution in [3.63, 3.8) is 0 Å². The molecule has 12 heavy (non-hydrogen) atoms. The number of aliphatic hydroxyl groups excluding tert-OH is 1. The Morgan fingerprint density at radius 2 is 2.17 bits per heavy atom. The summed E-state index contributed by atoms with van der Waals surface area (Å²) in [5.74, 6) is -0.649. The van der Waals surface area contributed by atoms with Crippen molar-refractivity contribution in [1.29, 1.82) is 0 Å². The summed E-state index contributed by atoms with van der Waals surface area (Å²) in [7, 11) is 0. The molecule has 0 saturated carbocycles. The maximum Gasteiger partial charge on any atom is 0.163 e. The van der Waals surface area contributed by atoms with Crippen LogP contribution in [0.3, 0.4) is 0 Å². The molecule has 1 fully saturated rings. The molecule has 2 N–H and O–H groups in total. The van der Waals surface area contributed by atoms with Gasteiger partial charge in [-0.2, -0.15) is 0 Å². The third-order valence-corrected chi connectivity index (χ3v) is 2.02. The van der Waals surface area contributed by atoms with Crippen molar-refractivity contribution < 1.29 is 19.7 Å². The fraction of sp³-hybridized carbons (Fsp3) is 1.00. The Hall–Kier alpha value is -0.160. The normalized spacial score (nSPS) is 33.2. The third-order valence-electron chi connectivity index (χ3n) is 2.02. The molecule has 2 atom stereocenters. The average molecular weight is 176 g/mol. The van der Waals surface area contributed by atoms with Crippen molar-refractivity contribution in [3.8, 4) is 0 Å². The molecule has 0 spiro atoms. The lowest BCUT2D eigenvalue weighted by molar-refractivity contribution is -0.173. The lowest BCUT2D eigenvalue weighted by atomic mass is 10.0. The van der Waals surface area contributed by atoms with Crippen LogP contribution in [-0.4, -0.2) is 40.9 Å². The van der Waals surface area contributed by atoms with Gasteiger partial charge >= 0.3 is 0 Å². The molecular weight excluding hydrogens is 160 g/mol. The first-order chi connectivity index (χ1) is 5.37. The van der Waals surface area contributed by atoms with E-state index in [2.05, 4.69) is 0 Å². The van der Waals surface area contributed by atoms with Crippen LogP contribution in [0, 0.1) is 0 Å². The van der Waals surface area contributed by atoms with E-state index in [0.29, 0.717) is 6.61 Å². The van der Waals surface area contributed by atoms with E-state index in [4.69, 9.17) is 14.6 Å². The van der Waals surface area contributed by atoms with Gasteiger partial charge in [-0.15, -0.1) is 0 Å². The number of rotatable bonds is 2. The molecule has 0 aromatic rings. The summed E-state index contributed by atoms with van der Waals surface area (Å²) in [6.07, 6.45) is -0.447. The first kappa shape index (κ1) is 9.92. The van der Waals surface area contributed by atoms with Gasteiger partial charge in [0.1, 0.15) is 11.7 Å². The van der Waals surface area contributed by atoms with E-state index < -0.39 is 17.5 Å². The van der Waals surface area contributed by atoms with Crippen molar-refractivity contribution in [3.05, 3.63) is 0 Å². The lowest BCUT2D eigenvalue weighted by Crippen LogP contribution is -2.45. The first-order valence-electron chi connectivity index (χ1n) is 4.02. The Kier molecular flexibility index (Phi) is 2.45. The molecule has 0 radical (unpaired) electrons. The van der Waals surface area contributed by atoms with Crippen molar-refractivity contribution in [2.45, 2.75) is 38.3 Å². The van der Waals surface area contributed by atoms with Gasteiger partial charge in [0, 0.05) is 0 Å². The number of hydrogen-bond acceptors (Lipinski definition) is 4. The van der Waals surface area contributed by atoms with Crippen LogP contribution in [0.25, 0.3) is 0 Å². The van der Waals surface area contributed by atoms with Gasteiger partial charge in [0.2, 0.25) is 0 Å². The highest BCUT2D eigenvalue weighted by Gasteiger charge is 2.42. The smallest absolute Gasteiger partial charge is 0.163 e. The zero-order valence-electron chi connectivity index (χ0n) is 7.70. The Balaban J connectivity index is 2.58. The summed E-state index contributed by atoms with van der Waals surface area (Å²) in [5, 5.41) is 18.4. The first-order valence-corrected chi connectivity index (χ1v) is 4.02. The second-order valence-electron chi connectivity index (χ2n) is 3.83. The quantitative estimate of drug-likeness (QED) is 0.616. The Morgan fingerprint density at radius 3 is 2.50 bits per heavy atom. The molecule has 1 saturated heterocycles. The fourth-order valence-electron chi connectivity index (χ4n) is 1.10. The van der Waals surface area contributed by atoms with Crippen LogP contribution >= 0.6 is 0 Å². The van der Waals surface area contributed by atoms with Crippen LogP contribution in [0.5, 0.6) is 0 Å². The summed E-state index contributed by atoms with van der Waals surface area (Å²) in [4.78, 5) is 0. The fourth-order valence-corrected chi connectivity index (χ4v) is 1.10.